The number of carbonyl (C=O) groups excluding carboxylic acids is 2. The maximum Gasteiger partial charge on any atom is 0.287 e. The van der Waals surface area contributed by atoms with Crippen molar-refractivity contribution in [3.63, 3.8) is 0 Å². The third-order valence-corrected chi connectivity index (χ3v) is 3.26. The molecule has 2 aromatic rings. The number of hydrogen-bond donors (Lipinski definition) is 2. The molecule has 0 bridgehead atoms. The van der Waals surface area contributed by atoms with Gasteiger partial charge in [-0.1, -0.05) is 6.07 Å². The van der Waals surface area contributed by atoms with Crippen LogP contribution >= 0.6 is 0 Å². The molecule has 0 radical (unpaired) electrons. The van der Waals surface area contributed by atoms with Crippen LogP contribution in [0.15, 0.2) is 41.0 Å². The predicted octanol–water partition coefficient (Wildman–Crippen LogP) is 2.28. The van der Waals surface area contributed by atoms with E-state index in [-0.39, 0.29) is 17.1 Å². The first-order valence-electron chi connectivity index (χ1n) is 7.15. The van der Waals surface area contributed by atoms with Crippen molar-refractivity contribution in [2.45, 2.75) is 12.5 Å². The minimum absolute atomic E-state index is 0.0181. The summed E-state index contributed by atoms with van der Waals surface area (Å²) in [5, 5.41) is 4.28. The van der Waals surface area contributed by atoms with E-state index in [4.69, 9.17) is 9.15 Å². The van der Waals surface area contributed by atoms with Crippen molar-refractivity contribution in [2.75, 3.05) is 13.7 Å². The molecule has 1 atom stereocenters. The second-order valence-electron chi connectivity index (χ2n) is 4.93. The van der Waals surface area contributed by atoms with Gasteiger partial charge in [0.2, 0.25) is 5.91 Å². The number of alkyl halides is 2. The number of ether oxygens (including phenoxy) is 1. The number of methoxy groups -OCH3 is 1. The summed E-state index contributed by atoms with van der Waals surface area (Å²) >= 11 is 0. The van der Waals surface area contributed by atoms with Gasteiger partial charge in [-0.05, 0) is 29.8 Å². The lowest BCUT2D eigenvalue weighted by Gasteiger charge is -2.19. The third kappa shape index (κ3) is 4.75. The summed E-state index contributed by atoms with van der Waals surface area (Å²) < 4.78 is 49.6. The first-order valence-corrected chi connectivity index (χ1v) is 7.15. The van der Waals surface area contributed by atoms with Crippen molar-refractivity contribution in [3.05, 3.63) is 53.7 Å². The molecule has 0 aliphatic carbocycles. The van der Waals surface area contributed by atoms with Gasteiger partial charge in [-0.2, -0.15) is 0 Å². The highest BCUT2D eigenvalue weighted by molar-refractivity contribution is 5.94. The number of rotatable bonds is 7. The van der Waals surface area contributed by atoms with Crippen LogP contribution in [-0.2, 0) is 4.79 Å². The molecule has 1 unspecified atom stereocenters. The molecule has 0 fully saturated rings. The number of furan rings is 1. The molecule has 6 nitrogen and oxygen atoms in total. The molecule has 2 amide bonds. The highest BCUT2D eigenvalue weighted by Crippen LogP contribution is 2.25. The summed E-state index contributed by atoms with van der Waals surface area (Å²) in [4.78, 5) is 23.4. The van der Waals surface area contributed by atoms with Gasteiger partial charge in [0.05, 0.1) is 19.9 Å². The van der Waals surface area contributed by atoms with Gasteiger partial charge in [0.1, 0.15) is 6.04 Å². The molecule has 0 spiro atoms. The molecule has 25 heavy (non-hydrogen) atoms. The van der Waals surface area contributed by atoms with Crippen LogP contribution in [0.2, 0.25) is 0 Å². The second kappa shape index (κ2) is 8.22. The summed E-state index contributed by atoms with van der Waals surface area (Å²) in [6.07, 6.45) is -1.70. The van der Waals surface area contributed by atoms with E-state index in [9.17, 15) is 22.8 Å². The molecule has 9 heteroatoms. The van der Waals surface area contributed by atoms with E-state index < -0.39 is 36.6 Å². The van der Waals surface area contributed by atoms with Gasteiger partial charge in [0.25, 0.3) is 12.3 Å². The van der Waals surface area contributed by atoms with Crippen molar-refractivity contribution in [1.82, 2.24) is 10.6 Å². The van der Waals surface area contributed by atoms with Crippen molar-refractivity contribution < 1.29 is 31.9 Å². The number of hydrogen-bond acceptors (Lipinski definition) is 4. The maximum absolute atomic E-state index is 13.7. The Hall–Kier alpha value is -2.97. The van der Waals surface area contributed by atoms with Crippen LogP contribution in [-0.4, -0.2) is 31.9 Å². The topological polar surface area (TPSA) is 80.6 Å². The zero-order chi connectivity index (χ0) is 18.4. The van der Waals surface area contributed by atoms with E-state index in [1.54, 1.807) is 0 Å². The highest BCUT2D eigenvalue weighted by atomic mass is 19.3. The molecule has 134 valence electrons. The lowest BCUT2D eigenvalue weighted by atomic mass is 10.1. The second-order valence-corrected chi connectivity index (χ2v) is 4.93. The minimum Gasteiger partial charge on any atom is -0.494 e. The highest BCUT2D eigenvalue weighted by Gasteiger charge is 2.25. The Morgan fingerprint density at radius 2 is 2.04 bits per heavy atom. The molecule has 0 saturated carbocycles. The SMILES string of the molecule is COc1ccc(C(NC(=O)CNC(=O)c2ccco2)C(F)F)cc1F. The Morgan fingerprint density at radius 1 is 1.28 bits per heavy atom. The summed E-state index contributed by atoms with van der Waals surface area (Å²) in [5.74, 6) is -2.47. The fraction of sp³-hybridized carbons (Fsp3) is 0.250. The summed E-state index contributed by atoms with van der Waals surface area (Å²) in [5.41, 5.74) is -0.126. The molecule has 0 saturated heterocycles. The lowest BCUT2D eigenvalue weighted by Crippen LogP contribution is -2.40. The normalized spacial score (nSPS) is 11.9. The van der Waals surface area contributed by atoms with E-state index in [1.807, 2.05) is 0 Å². The Bertz CT molecular complexity index is 735. The van der Waals surface area contributed by atoms with Crippen LogP contribution in [0.25, 0.3) is 0 Å². The monoisotopic (exact) mass is 356 g/mol. The van der Waals surface area contributed by atoms with E-state index in [2.05, 4.69) is 10.6 Å². The largest absolute Gasteiger partial charge is 0.494 e. The summed E-state index contributed by atoms with van der Waals surface area (Å²) in [6, 6.07) is 4.41. The van der Waals surface area contributed by atoms with E-state index in [0.29, 0.717) is 0 Å². The zero-order valence-electron chi connectivity index (χ0n) is 13.1. The smallest absolute Gasteiger partial charge is 0.287 e. The quantitative estimate of drug-likeness (QED) is 0.798. The Kier molecular flexibility index (Phi) is 6.04. The summed E-state index contributed by atoms with van der Waals surface area (Å²) in [6.45, 7) is -0.540. The van der Waals surface area contributed by atoms with Gasteiger partial charge < -0.3 is 19.8 Å². The van der Waals surface area contributed by atoms with Crippen molar-refractivity contribution in [2.24, 2.45) is 0 Å². The minimum atomic E-state index is -2.97. The molecular formula is C16H15F3N2O4. The van der Waals surface area contributed by atoms with Crippen LogP contribution in [0.5, 0.6) is 5.75 Å². The van der Waals surface area contributed by atoms with E-state index in [1.165, 1.54) is 37.6 Å². The number of carbonyl (C=O) groups is 2. The number of nitrogens with one attached hydrogen (secondary N) is 2. The summed E-state index contributed by atoms with van der Waals surface area (Å²) in [7, 11) is 1.24. The van der Waals surface area contributed by atoms with E-state index in [0.717, 1.165) is 6.07 Å². The standard InChI is InChI=1S/C16H15F3N2O4/c1-24-11-5-4-9(7-10(11)17)14(15(18)19)21-13(22)8-20-16(23)12-3-2-6-25-12/h2-7,14-15H,8H2,1H3,(H,20,23)(H,21,22). The van der Waals surface area contributed by atoms with Crippen molar-refractivity contribution in [1.29, 1.82) is 0 Å². The van der Waals surface area contributed by atoms with Gasteiger partial charge in [0, 0.05) is 0 Å². The maximum atomic E-state index is 13.7. The number of amides is 2. The molecule has 1 heterocycles. The Balaban J connectivity index is 2.00. The molecule has 0 aliphatic rings. The van der Waals surface area contributed by atoms with E-state index >= 15 is 0 Å². The molecule has 0 aliphatic heterocycles. The predicted molar refractivity (Wildman–Crippen MR) is 80.9 cm³/mol. The van der Waals surface area contributed by atoms with Gasteiger partial charge in [0.15, 0.2) is 17.3 Å². The van der Waals surface area contributed by atoms with Crippen molar-refractivity contribution >= 4 is 11.8 Å². The molecule has 2 N–H and O–H groups in total. The molecule has 1 aromatic heterocycles. The van der Waals surface area contributed by atoms with Gasteiger partial charge in [-0.3, -0.25) is 9.59 Å². The van der Waals surface area contributed by atoms with Crippen LogP contribution in [0.1, 0.15) is 22.2 Å². The molecule has 2 rings (SSSR count). The third-order valence-electron chi connectivity index (χ3n) is 3.26. The number of halogens is 3. The fourth-order valence-electron chi connectivity index (χ4n) is 2.05. The van der Waals surface area contributed by atoms with Gasteiger partial charge in [-0.25, -0.2) is 13.2 Å². The first kappa shape index (κ1) is 18.4. The van der Waals surface area contributed by atoms with Gasteiger partial charge in [-0.15, -0.1) is 0 Å². The van der Waals surface area contributed by atoms with Crippen LogP contribution < -0.4 is 15.4 Å². The van der Waals surface area contributed by atoms with Crippen molar-refractivity contribution in [3.8, 4) is 5.75 Å². The average Bonchev–Trinajstić information content (AvgIpc) is 3.12. The van der Waals surface area contributed by atoms with Gasteiger partial charge >= 0.3 is 0 Å². The lowest BCUT2D eigenvalue weighted by molar-refractivity contribution is -0.122. The first-order chi connectivity index (χ1) is 11.9. The fourth-order valence-corrected chi connectivity index (χ4v) is 2.05. The Labute approximate surface area is 141 Å². The molecular weight excluding hydrogens is 341 g/mol. The average molecular weight is 356 g/mol. The zero-order valence-corrected chi connectivity index (χ0v) is 13.1. The molecule has 1 aromatic carbocycles. The number of benzene rings is 1. The van der Waals surface area contributed by atoms with Crippen LogP contribution in [0.4, 0.5) is 13.2 Å². The van der Waals surface area contributed by atoms with Crippen LogP contribution in [0.3, 0.4) is 0 Å². The van der Waals surface area contributed by atoms with Crippen LogP contribution in [0, 0.1) is 5.82 Å². The Morgan fingerprint density at radius 3 is 2.60 bits per heavy atom.